The van der Waals surface area contributed by atoms with E-state index in [-0.39, 0.29) is 11.9 Å². The summed E-state index contributed by atoms with van der Waals surface area (Å²) in [6.45, 7) is 7.67. The van der Waals surface area contributed by atoms with E-state index in [1.165, 1.54) is 0 Å². The van der Waals surface area contributed by atoms with Crippen LogP contribution in [0.5, 0.6) is 0 Å². The zero-order valence-corrected chi connectivity index (χ0v) is 12.4. The number of guanidine groups is 1. The average molecular weight is 280 g/mol. The Morgan fingerprint density at radius 1 is 1.40 bits per heavy atom. The van der Waals surface area contributed by atoms with Gasteiger partial charge in [0.2, 0.25) is 5.91 Å². The molecule has 1 rings (SSSR count). The van der Waals surface area contributed by atoms with Crippen molar-refractivity contribution in [1.29, 1.82) is 0 Å². The van der Waals surface area contributed by atoms with Gasteiger partial charge < -0.3 is 20.4 Å². The van der Waals surface area contributed by atoms with Crippen molar-refractivity contribution in [3.05, 3.63) is 24.2 Å². The van der Waals surface area contributed by atoms with E-state index in [2.05, 4.69) is 20.9 Å². The molecule has 0 bridgehead atoms. The van der Waals surface area contributed by atoms with Crippen LogP contribution in [0, 0.1) is 0 Å². The summed E-state index contributed by atoms with van der Waals surface area (Å²) in [5.41, 5.74) is 0. The van der Waals surface area contributed by atoms with E-state index in [1.54, 1.807) is 6.26 Å². The summed E-state index contributed by atoms with van der Waals surface area (Å²) in [5.74, 6) is 1.52. The summed E-state index contributed by atoms with van der Waals surface area (Å²) in [6.07, 6.45) is 2.05. The zero-order valence-electron chi connectivity index (χ0n) is 12.4. The number of furan rings is 1. The van der Waals surface area contributed by atoms with Crippen molar-refractivity contribution in [2.45, 2.75) is 39.8 Å². The fraction of sp³-hybridized carbons (Fsp3) is 0.571. The van der Waals surface area contributed by atoms with Crippen LogP contribution in [0.15, 0.2) is 27.8 Å². The van der Waals surface area contributed by atoms with Gasteiger partial charge in [-0.1, -0.05) is 0 Å². The Hall–Kier alpha value is -1.98. The predicted octanol–water partition coefficient (Wildman–Crippen LogP) is 1.25. The quantitative estimate of drug-likeness (QED) is 0.519. The first-order valence-electron chi connectivity index (χ1n) is 6.95. The summed E-state index contributed by atoms with van der Waals surface area (Å²) < 4.78 is 5.22. The standard InChI is InChI=1S/C14H24N4O2/c1-4-15-14(17-10-12-6-5-9-20-12)16-8-7-13(19)18-11(2)3/h5-6,9,11H,4,7-8,10H2,1-3H3,(H,18,19)(H2,15,16,17). The SMILES string of the molecule is CCNC(=NCc1ccco1)NCCC(=O)NC(C)C. The maximum absolute atomic E-state index is 11.5. The van der Waals surface area contributed by atoms with Gasteiger partial charge in [-0.05, 0) is 32.9 Å². The number of carbonyl (C=O) groups excluding carboxylic acids is 1. The minimum Gasteiger partial charge on any atom is -0.467 e. The third-order valence-corrected chi connectivity index (χ3v) is 2.41. The Bertz CT molecular complexity index is 413. The van der Waals surface area contributed by atoms with Crippen molar-refractivity contribution >= 4 is 11.9 Å². The van der Waals surface area contributed by atoms with Crippen molar-refractivity contribution in [3.63, 3.8) is 0 Å². The molecule has 3 N–H and O–H groups in total. The number of amides is 1. The molecular weight excluding hydrogens is 256 g/mol. The normalized spacial score (nSPS) is 11.5. The van der Waals surface area contributed by atoms with Gasteiger partial charge in [-0.15, -0.1) is 0 Å². The summed E-state index contributed by atoms with van der Waals surface area (Å²) >= 11 is 0. The van der Waals surface area contributed by atoms with Crippen molar-refractivity contribution < 1.29 is 9.21 Å². The highest BCUT2D eigenvalue weighted by atomic mass is 16.3. The molecular formula is C14H24N4O2. The highest BCUT2D eigenvalue weighted by Gasteiger charge is 2.04. The molecule has 20 heavy (non-hydrogen) atoms. The molecule has 0 atom stereocenters. The second-order valence-electron chi connectivity index (χ2n) is 4.67. The first-order chi connectivity index (χ1) is 9.61. The largest absolute Gasteiger partial charge is 0.467 e. The summed E-state index contributed by atoms with van der Waals surface area (Å²) in [4.78, 5) is 15.9. The lowest BCUT2D eigenvalue weighted by atomic mass is 10.3. The van der Waals surface area contributed by atoms with Crippen LogP contribution in [-0.2, 0) is 11.3 Å². The fourth-order valence-corrected chi connectivity index (χ4v) is 1.59. The van der Waals surface area contributed by atoms with Crippen LogP contribution in [0.2, 0.25) is 0 Å². The lowest BCUT2D eigenvalue weighted by Gasteiger charge is -2.12. The van der Waals surface area contributed by atoms with E-state index in [4.69, 9.17) is 4.42 Å². The molecule has 0 aliphatic rings. The van der Waals surface area contributed by atoms with Crippen LogP contribution in [0.3, 0.4) is 0 Å². The zero-order chi connectivity index (χ0) is 14.8. The average Bonchev–Trinajstić information content (AvgIpc) is 2.88. The molecule has 6 nitrogen and oxygen atoms in total. The lowest BCUT2D eigenvalue weighted by molar-refractivity contribution is -0.121. The third kappa shape index (κ3) is 6.82. The van der Waals surface area contributed by atoms with Crippen LogP contribution < -0.4 is 16.0 Å². The number of rotatable bonds is 7. The Balaban J connectivity index is 2.35. The summed E-state index contributed by atoms with van der Waals surface area (Å²) in [7, 11) is 0. The van der Waals surface area contributed by atoms with E-state index in [0.29, 0.717) is 25.5 Å². The van der Waals surface area contributed by atoms with Crippen LogP contribution in [-0.4, -0.2) is 31.0 Å². The molecule has 0 aliphatic carbocycles. The molecule has 0 spiro atoms. The van der Waals surface area contributed by atoms with E-state index in [9.17, 15) is 4.79 Å². The number of hydrogen-bond donors (Lipinski definition) is 3. The first-order valence-corrected chi connectivity index (χ1v) is 6.95. The van der Waals surface area contributed by atoms with E-state index < -0.39 is 0 Å². The van der Waals surface area contributed by atoms with Gasteiger partial charge >= 0.3 is 0 Å². The van der Waals surface area contributed by atoms with Crippen LogP contribution in [0.25, 0.3) is 0 Å². The van der Waals surface area contributed by atoms with Crippen LogP contribution >= 0.6 is 0 Å². The number of carbonyl (C=O) groups is 1. The summed E-state index contributed by atoms with van der Waals surface area (Å²) in [6, 6.07) is 3.88. The molecule has 1 amide bonds. The Kier molecular flexibility index (Phi) is 7.24. The molecule has 1 aromatic rings. The van der Waals surface area contributed by atoms with Crippen LogP contribution in [0.4, 0.5) is 0 Å². The van der Waals surface area contributed by atoms with E-state index in [1.807, 2.05) is 32.9 Å². The van der Waals surface area contributed by atoms with Crippen molar-refractivity contribution in [2.24, 2.45) is 4.99 Å². The molecule has 0 radical (unpaired) electrons. The number of nitrogens with zero attached hydrogens (tertiary/aromatic N) is 1. The molecule has 0 saturated heterocycles. The molecule has 1 aromatic heterocycles. The monoisotopic (exact) mass is 280 g/mol. The van der Waals surface area contributed by atoms with Gasteiger partial charge in [0.15, 0.2) is 5.96 Å². The Morgan fingerprint density at radius 2 is 2.20 bits per heavy atom. The van der Waals surface area contributed by atoms with Crippen molar-refractivity contribution in [3.8, 4) is 0 Å². The minimum atomic E-state index is 0.0365. The number of hydrogen-bond acceptors (Lipinski definition) is 3. The maximum atomic E-state index is 11.5. The smallest absolute Gasteiger partial charge is 0.221 e. The molecule has 1 heterocycles. The molecule has 0 unspecified atom stereocenters. The minimum absolute atomic E-state index is 0.0365. The van der Waals surface area contributed by atoms with E-state index >= 15 is 0 Å². The molecule has 0 fully saturated rings. The molecule has 6 heteroatoms. The van der Waals surface area contributed by atoms with Crippen LogP contribution in [0.1, 0.15) is 33.0 Å². The van der Waals surface area contributed by atoms with Gasteiger partial charge in [0.25, 0.3) is 0 Å². The second kappa shape index (κ2) is 9.01. The van der Waals surface area contributed by atoms with Gasteiger partial charge in [0.05, 0.1) is 6.26 Å². The number of aliphatic imine (C=N–C) groups is 1. The highest BCUT2D eigenvalue weighted by Crippen LogP contribution is 2.00. The molecule has 112 valence electrons. The maximum Gasteiger partial charge on any atom is 0.221 e. The van der Waals surface area contributed by atoms with Gasteiger partial charge in [-0.2, -0.15) is 0 Å². The van der Waals surface area contributed by atoms with Gasteiger partial charge in [-0.3, -0.25) is 4.79 Å². The van der Waals surface area contributed by atoms with Gasteiger partial charge in [-0.25, -0.2) is 4.99 Å². The first kappa shape index (κ1) is 16.1. The van der Waals surface area contributed by atoms with E-state index in [0.717, 1.165) is 12.3 Å². The topological polar surface area (TPSA) is 78.7 Å². The Morgan fingerprint density at radius 3 is 2.80 bits per heavy atom. The fourth-order valence-electron chi connectivity index (χ4n) is 1.59. The van der Waals surface area contributed by atoms with Gasteiger partial charge in [0, 0.05) is 25.6 Å². The predicted molar refractivity (Wildman–Crippen MR) is 79.4 cm³/mol. The molecule has 0 aliphatic heterocycles. The van der Waals surface area contributed by atoms with Crippen molar-refractivity contribution in [2.75, 3.05) is 13.1 Å². The third-order valence-electron chi connectivity index (χ3n) is 2.41. The summed E-state index contributed by atoms with van der Waals surface area (Å²) in [5, 5.41) is 9.10. The number of nitrogens with one attached hydrogen (secondary N) is 3. The second-order valence-corrected chi connectivity index (χ2v) is 4.67. The lowest BCUT2D eigenvalue weighted by Crippen LogP contribution is -2.40. The van der Waals surface area contributed by atoms with Crippen molar-refractivity contribution in [1.82, 2.24) is 16.0 Å². The molecule has 0 saturated carbocycles. The highest BCUT2D eigenvalue weighted by molar-refractivity contribution is 5.81. The van der Waals surface area contributed by atoms with Gasteiger partial charge in [0.1, 0.15) is 12.3 Å². The Labute approximate surface area is 120 Å². The molecule has 0 aromatic carbocycles.